The minimum atomic E-state index is -4.55. The molecule has 0 heterocycles. The molecule has 0 spiro atoms. The second-order valence-corrected chi connectivity index (χ2v) is 19.2. The highest BCUT2D eigenvalue weighted by Crippen LogP contribution is 2.38. The molecule has 0 aromatic rings. The van der Waals surface area contributed by atoms with Crippen molar-refractivity contribution in [2.75, 3.05) is 54.1 Å². The number of quaternary nitrogens is 1. The van der Waals surface area contributed by atoms with Crippen molar-refractivity contribution in [1.29, 1.82) is 0 Å². The van der Waals surface area contributed by atoms with E-state index in [1.807, 2.05) is 21.1 Å². The van der Waals surface area contributed by atoms with E-state index < -0.39 is 13.9 Å². The van der Waals surface area contributed by atoms with Crippen molar-refractivity contribution in [3.63, 3.8) is 0 Å². The monoisotopic (exact) mass is 914 g/mol. The van der Waals surface area contributed by atoms with Gasteiger partial charge in [-0.2, -0.15) is 0 Å². The molecule has 0 rings (SSSR count). The Balaban J connectivity index is 4.24. The Bertz CT molecular complexity index is 1340. The number of phosphoric acid groups is 1. The molecule has 8 nitrogen and oxygen atoms in total. The molecule has 0 fully saturated rings. The second kappa shape index (κ2) is 46.9. The number of carbonyl (C=O) groups is 1. The first-order valence-electron chi connectivity index (χ1n) is 25.5. The molecule has 0 aromatic carbocycles. The van der Waals surface area contributed by atoms with Crippen molar-refractivity contribution in [3.8, 4) is 0 Å². The van der Waals surface area contributed by atoms with Crippen LogP contribution in [0.1, 0.15) is 187 Å². The molecule has 2 atom stereocenters. The number of esters is 1. The highest BCUT2D eigenvalue weighted by Gasteiger charge is 2.20. The summed E-state index contributed by atoms with van der Waals surface area (Å²) >= 11 is 0. The van der Waals surface area contributed by atoms with Gasteiger partial charge in [0.25, 0.3) is 7.82 Å². The third-order valence-corrected chi connectivity index (χ3v) is 11.3. The molecular weight excluding hydrogens is 818 g/mol. The molecule has 368 valence electrons. The Morgan fingerprint density at radius 1 is 0.500 bits per heavy atom. The Morgan fingerprint density at radius 2 is 0.906 bits per heavy atom. The highest BCUT2D eigenvalue weighted by atomic mass is 31.2. The van der Waals surface area contributed by atoms with Gasteiger partial charge < -0.3 is 27.9 Å². The molecule has 0 saturated carbocycles. The van der Waals surface area contributed by atoms with Crippen LogP contribution >= 0.6 is 7.82 Å². The van der Waals surface area contributed by atoms with Gasteiger partial charge in [0.15, 0.2) is 0 Å². The summed E-state index contributed by atoms with van der Waals surface area (Å²) in [5.74, 6) is -0.353. The first-order valence-corrected chi connectivity index (χ1v) is 26.9. The van der Waals surface area contributed by atoms with E-state index in [-0.39, 0.29) is 25.8 Å². The van der Waals surface area contributed by atoms with Crippen LogP contribution in [0.15, 0.2) is 97.2 Å². The van der Waals surface area contributed by atoms with E-state index >= 15 is 0 Å². The molecule has 2 unspecified atom stereocenters. The molecule has 0 bridgehead atoms. The average Bonchev–Trinajstić information content (AvgIpc) is 3.25. The smallest absolute Gasteiger partial charge is 0.306 e. The predicted octanol–water partition coefficient (Wildman–Crippen LogP) is 15.1. The number of rotatable bonds is 46. The van der Waals surface area contributed by atoms with E-state index in [1.54, 1.807) is 0 Å². The molecule has 9 heteroatoms. The van der Waals surface area contributed by atoms with Crippen LogP contribution in [0, 0.1) is 0 Å². The molecule has 0 radical (unpaired) electrons. The molecule has 64 heavy (non-hydrogen) atoms. The molecule has 0 aliphatic rings. The van der Waals surface area contributed by atoms with Crippen molar-refractivity contribution in [2.24, 2.45) is 0 Å². The number of allylic oxidation sites excluding steroid dienone is 16. The summed E-state index contributed by atoms with van der Waals surface area (Å²) in [6, 6.07) is 0. The van der Waals surface area contributed by atoms with Gasteiger partial charge in [0.1, 0.15) is 19.3 Å². The van der Waals surface area contributed by atoms with Crippen LogP contribution in [0.2, 0.25) is 0 Å². The number of likely N-dealkylation sites (N-methyl/N-ethyl adjacent to an activating group) is 1. The molecular formula is C55H96NO7P. The third kappa shape index (κ3) is 50.4. The lowest BCUT2D eigenvalue weighted by Gasteiger charge is -2.28. The van der Waals surface area contributed by atoms with E-state index in [9.17, 15) is 14.3 Å². The summed E-state index contributed by atoms with van der Waals surface area (Å²) in [4.78, 5) is 25.2. The SMILES string of the molecule is CC/C=C\C/C=C\C/C=C\C/C=C\C/C=C\C/C=C\CCCCCCCOCC(COP(=O)([O-])OCC[N+](C)(C)C)OC(=O)CCCCCCCCC/C=C\C/C=C\CCCCCC. The predicted molar refractivity (Wildman–Crippen MR) is 272 cm³/mol. The van der Waals surface area contributed by atoms with Crippen LogP contribution < -0.4 is 4.89 Å². The quantitative estimate of drug-likeness (QED) is 0.0197. The van der Waals surface area contributed by atoms with Crippen LogP contribution in [-0.4, -0.2) is 70.7 Å². The van der Waals surface area contributed by atoms with Crippen molar-refractivity contribution in [1.82, 2.24) is 0 Å². The van der Waals surface area contributed by atoms with Crippen molar-refractivity contribution < 1.29 is 37.3 Å². The summed E-state index contributed by atoms with van der Waals surface area (Å²) in [6.07, 6.45) is 64.3. The van der Waals surface area contributed by atoms with Gasteiger partial charge in [-0.05, 0) is 96.3 Å². The second-order valence-electron chi connectivity index (χ2n) is 17.8. The van der Waals surface area contributed by atoms with Gasteiger partial charge >= 0.3 is 5.97 Å². The van der Waals surface area contributed by atoms with Gasteiger partial charge in [-0.25, -0.2) is 0 Å². The number of hydrogen-bond donors (Lipinski definition) is 0. The maximum atomic E-state index is 12.7. The lowest BCUT2D eigenvalue weighted by molar-refractivity contribution is -0.870. The summed E-state index contributed by atoms with van der Waals surface area (Å²) in [5.41, 5.74) is 0. The van der Waals surface area contributed by atoms with Crippen molar-refractivity contribution in [3.05, 3.63) is 97.2 Å². The number of carbonyl (C=O) groups excluding carboxylic acids is 1. The number of hydrogen-bond acceptors (Lipinski definition) is 7. The lowest BCUT2D eigenvalue weighted by atomic mass is 10.1. The Hall–Kier alpha value is -2.58. The zero-order valence-corrected chi connectivity index (χ0v) is 42.6. The minimum absolute atomic E-state index is 0.0147. The topological polar surface area (TPSA) is 94.1 Å². The fourth-order valence-electron chi connectivity index (χ4n) is 6.46. The largest absolute Gasteiger partial charge is 0.756 e. The van der Waals surface area contributed by atoms with Gasteiger partial charge in [-0.3, -0.25) is 9.36 Å². The van der Waals surface area contributed by atoms with E-state index in [4.69, 9.17) is 18.5 Å². The summed E-state index contributed by atoms with van der Waals surface area (Å²) < 4.78 is 34.7. The van der Waals surface area contributed by atoms with Crippen LogP contribution in [0.5, 0.6) is 0 Å². The maximum Gasteiger partial charge on any atom is 0.306 e. The first kappa shape index (κ1) is 61.4. The summed E-state index contributed by atoms with van der Waals surface area (Å²) in [5, 5.41) is 0. The van der Waals surface area contributed by atoms with Gasteiger partial charge in [-0.15, -0.1) is 0 Å². The van der Waals surface area contributed by atoms with Gasteiger partial charge in [0.05, 0.1) is 34.4 Å². The van der Waals surface area contributed by atoms with Gasteiger partial charge in [-0.1, -0.05) is 182 Å². The highest BCUT2D eigenvalue weighted by molar-refractivity contribution is 7.45. The minimum Gasteiger partial charge on any atom is -0.756 e. The van der Waals surface area contributed by atoms with Crippen LogP contribution in [0.3, 0.4) is 0 Å². The molecule has 0 saturated heterocycles. The molecule has 0 aliphatic heterocycles. The first-order chi connectivity index (χ1) is 31.1. The normalized spacial score (nSPS) is 14.4. The number of nitrogens with zero attached hydrogens (tertiary/aromatic N) is 1. The number of ether oxygens (including phenoxy) is 2. The molecule has 0 amide bonds. The zero-order valence-electron chi connectivity index (χ0n) is 41.7. The standard InChI is InChI=1S/C55H96NO7P/c1-6-8-10-12-14-16-18-20-22-24-26-27-28-29-30-31-33-35-37-39-41-43-45-47-50-60-52-54(53-62-64(58,59)61-51-49-56(3,4)5)63-55(57)48-46-44-42-40-38-36-34-32-25-23-21-19-17-15-13-11-9-7-2/h8,10,14,16-17,19-20,22-23,25-27,29-30,33,35,54H,6-7,9,11-13,15,18,21,24,28,31-32,34,36-53H2,1-5H3/b10-8-,16-14-,19-17-,22-20-,25-23-,27-26-,30-29-,35-33-. The lowest BCUT2D eigenvalue weighted by Crippen LogP contribution is -2.37. The van der Waals surface area contributed by atoms with Crippen molar-refractivity contribution >= 4 is 13.8 Å². The number of phosphoric ester groups is 1. The van der Waals surface area contributed by atoms with Gasteiger partial charge in [0.2, 0.25) is 0 Å². The zero-order chi connectivity index (χ0) is 46.9. The van der Waals surface area contributed by atoms with Crippen molar-refractivity contribution in [2.45, 2.75) is 193 Å². The fourth-order valence-corrected chi connectivity index (χ4v) is 7.19. The van der Waals surface area contributed by atoms with E-state index in [0.717, 1.165) is 96.3 Å². The average molecular weight is 914 g/mol. The van der Waals surface area contributed by atoms with E-state index in [0.29, 0.717) is 24.1 Å². The Labute approximate surface area is 394 Å². The Morgan fingerprint density at radius 3 is 1.36 bits per heavy atom. The fraction of sp³-hybridized carbons (Fsp3) is 0.691. The summed E-state index contributed by atoms with van der Waals surface area (Å²) in [6.45, 7) is 5.21. The van der Waals surface area contributed by atoms with E-state index in [1.165, 1.54) is 70.6 Å². The molecule has 0 N–H and O–H groups in total. The number of unbranched alkanes of at least 4 members (excludes halogenated alkanes) is 16. The molecule has 0 aliphatic carbocycles. The summed E-state index contributed by atoms with van der Waals surface area (Å²) in [7, 11) is 1.32. The Kier molecular flexibility index (Phi) is 45.0. The maximum absolute atomic E-state index is 12.7. The third-order valence-electron chi connectivity index (χ3n) is 10.4. The van der Waals surface area contributed by atoms with Crippen LogP contribution in [0.25, 0.3) is 0 Å². The van der Waals surface area contributed by atoms with Gasteiger partial charge in [0, 0.05) is 13.0 Å². The van der Waals surface area contributed by atoms with E-state index in [2.05, 4.69) is 111 Å². The van der Waals surface area contributed by atoms with Crippen LogP contribution in [0.4, 0.5) is 0 Å². The van der Waals surface area contributed by atoms with Crippen LogP contribution in [-0.2, 0) is 27.9 Å². The molecule has 0 aromatic heterocycles.